The molecule has 2 aliphatic rings. The normalized spacial score (nSPS) is 21.4. The van der Waals surface area contributed by atoms with Gasteiger partial charge in [0, 0.05) is 18.8 Å². The Hall–Kier alpha value is -1.79. The van der Waals surface area contributed by atoms with E-state index in [-0.39, 0.29) is 11.1 Å². The second-order valence-corrected chi connectivity index (χ2v) is 5.53. The lowest BCUT2D eigenvalue weighted by atomic mass is 10.1. The quantitative estimate of drug-likeness (QED) is 0.842. The molecule has 1 N–H and O–H groups in total. The first kappa shape index (κ1) is 13.2. The number of nitrogens with zero attached hydrogens (tertiary/aromatic N) is 1. The fourth-order valence-electron chi connectivity index (χ4n) is 2.26. The third-order valence-corrected chi connectivity index (χ3v) is 4.03. The zero-order valence-electron chi connectivity index (χ0n) is 10.8. The monoisotopic (exact) mass is 290 g/mol. The van der Waals surface area contributed by atoms with Crippen molar-refractivity contribution in [2.45, 2.75) is 0 Å². The number of imide groups is 1. The van der Waals surface area contributed by atoms with Crippen LogP contribution in [0.2, 0.25) is 0 Å². The smallest absolute Gasteiger partial charge is 0.290 e. The zero-order chi connectivity index (χ0) is 13.9. The van der Waals surface area contributed by atoms with Crippen molar-refractivity contribution in [3.05, 3.63) is 34.7 Å². The van der Waals surface area contributed by atoms with Gasteiger partial charge in [-0.05, 0) is 29.5 Å². The van der Waals surface area contributed by atoms with E-state index in [9.17, 15) is 9.59 Å². The van der Waals surface area contributed by atoms with Crippen molar-refractivity contribution in [2.24, 2.45) is 0 Å². The highest BCUT2D eigenvalue weighted by Crippen LogP contribution is 2.29. The molecule has 2 amide bonds. The fourth-order valence-corrected chi connectivity index (χ4v) is 2.94. The minimum atomic E-state index is -0.322. The summed E-state index contributed by atoms with van der Waals surface area (Å²) in [5, 5.41) is 1.95. The van der Waals surface area contributed by atoms with Crippen LogP contribution in [-0.2, 0) is 9.53 Å². The molecule has 3 rings (SSSR count). The maximum atomic E-state index is 11.6. The molecule has 104 valence electrons. The summed E-state index contributed by atoms with van der Waals surface area (Å²) < 4.78 is 5.36. The lowest BCUT2D eigenvalue weighted by Gasteiger charge is -2.30. The number of amides is 2. The zero-order valence-corrected chi connectivity index (χ0v) is 11.6. The molecular weight excluding hydrogens is 276 g/mol. The predicted octanol–water partition coefficient (Wildman–Crippen LogP) is 1.85. The molecule has 0 spiro atoms. The Kier molecular flexibility index (Phi) is 3.75. The van der Waals surface area contributed by atoms with Gasteiger partial charge in [0.05, 0.1) is 18.1 Å². The highest BCUT2D eigenvalue weighted by molar-refractivity contribution is 8.18. The van der Waals surface area contributed by atoms with Gasteiger partial charge in [-0.25, -0.2) is 0 Å². The maximum Gasteiger partial charge on any atom is 0.290 e. The van der Waals surface area contributed by atoms with Crippen LogP contribution < -0.4 is 10.2 Å². The molecule has 2 saturated heterocycles. The van der Waals surface area contributed by atoms with Crippen LogP contribution in [0.1, 0.15) is 5.56 Å². The molecule has 0 unspecified atom stereocenters. The Bertz CT molecular complexity index is 580. The highest BCUT2D eigenvalue weighted by Gasteiger charge is 2.25. The van der Waals surface area contributed by atoms with Crippen LogP contribution in [0.3, 0.4) is 0 Å². The van der Waals surface area contributed by atoms with Crippen molar-refractivity contribution >= 4 is 34.7 Å². The van der Waals surface area contributed by atoms with Gasteiger partial charge in [-0.15, -0.1) is 0 Å². The predicted molar refractivity (Wildman–Crippen MR) is 78.6 cm³/mol. The minimum Gasteiger partial charge on any atom is -0.378 e. The van der Waals surface area contributed by atoms with Gasteiger partial charge in [0.2, 0.25) is 0 Å². The van der Waals surface area contributed by atoms with Gasteiger partial charge in [0.1, 0.15) is 0 Å². The molecule has 0 aromatic heterocycles. The summed E-state index contributed by atoms with van der Waals surface area (Å²) in [6.45, 7) is 3.08. The molecule has 5 nitrogen and oxygen atoms in total. The maximum absolute atomic E-state index is 11.6. The third kappa shape index (κ3) is 2.71. The molecule has 1 aromatic carbocycles. The molecule has 20 heavy (non-hydrogen) atoms. The standard InChI is InChI=1S/C14H14N2O3S/c17-13-12(20-14(18)15-13)9-10-3-1-2-4-11(10)16-5-7-19-8-6-16/h1-4,9H,5-8H2,(H,15,17,18)/b12-9+. The summed E-state index contributed by atoms with van der Waals surface area (Å²) in [5.74, 6) is -0.322. The molecule has 1 aromatic rings. The molecule has 0 bridgehead atoms. The van der Waals surface area contributed by atoms with Crippen molar-refractivity contribution in [2.75, 3.05) is 31.2 Å². The van der Waals surface area contributed by atoms with Gasteiger partial charge in [-0.3, -0.25) is 14.9 Å². The first-order valence-electron chi connectivity index (χ1n) is 6.40. The molecule has 0 atom stereocenters. The van der Waals surface area contributed by atoms with Crippen molar-refractivity contribution in [1.82, 2.24) is 5.32 Å². The Labute approximate surface area is 121 Å². The van der Waals surface area contributed by atoms with Crippen LogP contribution in [0.15, 0.2) is 29.2 Å². The first-order chi connectivity index (χ1) is 9.74. The summed E-state index contributed by atoms with van der Waals surface area (Å²) >= 11 is 0.942. The Morgan fingerprint density at radius 3 is 2.65 bits per heavy atom. The largest absolute Gasteiger partial charge is 0.378 e. The van der Waals surface area contributed by atoms with E-state index in [4.69, 9.17) is 4.74 Å². The van der Waals surface area contributed by atoms with Gasteiger partial charge in [-0.2, -0.15) is 0 Å². The van der Waals surface area contributed by atoms with Crippen LogP contribution in [0.5, 0.6) is 0 Å². The van der Waals surface area contributed by atoms with E-state index in [1.54, 1.807) is 6.08 Å². The number of hydrogen-bond acceptors (Lipinski definition) is 5. The minimum absolute atomic E-state index is 0.315. The summed E-state index contributed by atoms with van der Waals surface area (Å²) in [4.78, 5) is 25.5. The number of rotatable bonds is 2. The van der Waals surface area contributed by atoms with Gasteiger partial charge in [0.15, 0.2) is 0 Å². The summed E-state index contributed by atoms with van der Waals surface area (Å²) in [5.41, 5.74) is 2.01. The summed E-state index contributed by atoms with van der Waals surface area (Å²) in [6.07, 6.45) is 1.77. The van der Waals surface area contributed by atoms with Gasteiger partial charge in [0.25, 0.3) is 11.1 Å². The van der Waals surface area contributed by atoms with E-state index >= 15 is 0 Å². The van der Waals surface area contributed by atoms with E-state index in [0.717, 1.165) is 36.1 Å². The van der Waals surface area contributed by atoms with Gasteiger partial charge in [-0.1, -0.05) is 18.2 Å². The molecule has 0 radical (unpaired) electrons. The Balaban J connectivity index is 1.91. The number of para-hydroxylation sites is 1. The number of thioether (sulfide) groups is 1. The number of anilines is 1. The van der Waals surface area contributed by atoms with Crippen molar-refractivity contribution < 1.29 is 14.3 Å². The highest BCUT2D eigenvalue weighted by atomic mass is 32.2. The first-order valence-corrected chi connectivity index (χ1v) is 7.22. The van der Waals surface area contributed by atoms with E-state index in [1.807, 2.05) is 24.3 Å². The Morgan fingerprint density at radius 1 is 1.20 bits per heavy atom. The molecule has 2 aliphatic heterocycles. The molecule has 0 saturated carbocycles. The van der Waals surface area contributed by atoms with Crippen molar-refractivity contribution in [3.8, 4) is 0 Å². The van der Waals surface area contributed by atoms with Crippen LogP contribution in [0.4, 0.5) is 10.5 Å². The van der Waals surface area contributed by atoms with Crippen LogP contribution in [0.25, 0.3) is 6.08 Å². The van der Waals surface area contributed by atoms with E-state index in [1.165, 1.54) is 0 Å². The average molecular weight is 290 g/mol. The molecule has 0 aliphatic carbocycles. The molecule has 6 heteroatoms. The van der Waals surface area contributed by atoms with Gasteiger partial charge < -0.3 is 9.64 Å². The number of carbonyl (C=O) groups is 2. The molecule has 2 fully saturated rings. The number of benzene rings is 1. The SMILES string of the molecule is O=C1NC(=O)/C(=C\c2ccccc2N2CCOCC2)S1. The lowest BCUT2D eigenvalue weighted by Crippen LogP contribution is -2.36. The molecular formula is C14H14N2O3S. The topological polar surface area (TPSA) is 58.6 Å². The fraction of sp³-hybridized carbons (Fsp3) is 0.286. The summed E-state index contributed by atoms with van der Waals surface area (Å²) in [7, 11) is 0. The number of hydrogen-bond donors (Lipinski definition) is 1. The third-order valence-electron chi connectivity index (χ3n) is 3.22. The Morgan fingerprint density at radius 2 is 1.95 bits per heavy atom. The summed E-state index contributed by atoms with van der Waals surface area (Å²) in [6, 6.07) is 7.88. The number of nitrogens with one attached hydrogen (secondary N) is 1. The van der Waals surface area contributed by atoms with Gasteiger partial charge >= 0.3 is 0 Å². The number of ether oxygens (including phenoxy) is 1. The number of carbonyl (C=O) groups excluding carboxylic acids is 2. The van der Waals surface area contributed by atoms with Crippen LogP contribution >= 0.6 is 11.8 Å². The molecule has 2 heterocycles. The van der Waals surface area contributed by atoms with E-state index in [0.29, 0.717) is 18.1 Å². The van der Waals surface area contributed by atoms with Crippen LogP contribution in [-0.4, -0.2) is 37.4 Å². The number of morpholine rings is 1. The van der Waals surface area contributed by atoms with Crippen molar-refractivity contribution in [1.29, 1.82) is 0 Å². The lowest BCUT2D eigenvalue weighted by molar-refractivity contribution is -0.115. The van der Waals surface area contributed by atoms with E-state index < -0.39 is 0 Å². The van der Waals surface area contributed by atoms with E-state index in [2.05, 4.69) is 10.2 Å². The average Bonchev–Trinajstić information content (AvgIpc) is 2.78. The van der Waals surface area contributed by atoms with Crippen molar-refractivity contribution in [3.63, 3.8) is 0 Å². The van der Waals surface area contributed by atoms with Crippen LogP contribution in [0, 0.1) is 0 Å². The second-order valence-electron chi connectivity index (χ2n) is 4.51. The second kappa shape index (κ2) is 5.68.